The predicted octanol–water partition coefficient (Wildman–Crippen LogP) is -0.835. The Morgan fingerprint density at radius 2 is 1.85 bits per heavy atom. The molecule has 0 bridgehead atoms. The number of carboxylic acids is 1. The van der Waals surface area contributed by atoms with Crippen molar-refractivity contribution in [2.45, 2.75) is 57.8 Å². The van der Waals surface area contributed by atoms with Gasteiger partial charge < -0.3 is 36.8 Å². The van der Waals surface area contributed by atoms with Crippen LogP contribution in [0.4, 0.5) is 4.79 Å². The minimum absolute atomic E-state index is 0.0401. The second-order valence-corrected chi connectivity index (χ2v) is 6.49. The van der Waals surface area contributed by atoms with Crippen LogP contribution in [0.1, 0.15) is 57.4 Å². The van der Waals surface area contributed by atoms with Crippen molar-refractivity contribution in [3.05, 3.63) is 11.7 Å². The van der Waals surface area contributed by atoms with Gasteiger partial charge in [-0.15, -0.1) is 0 Å². The van der Waals surface area contributed by atoms with E-state index in [1.54, 1.807) is 0 Å². The van der Waals surface area contributed by atoms with E-state index in [0.29, 0.717) is 0 Å². The van der Waals surface area contributed by atoms with Gasteiger partial charge in [0.1, 0.15) is 12.1 Å². The molecule has 0 fully saturated rings. The van der Waals surface area contributed by atoms with E-state index in [9.17, 15) is 19.5 Å². The van der Waals surface area contributed by atoms with Crippen molar-refractivity contribution >= 4 is 17.9 Å². The number of carbonyl (C=O) groups excluding carboxylic acids is 2. The lowest BCUT2D eigenvalue weighted by atomic mass is 10.1. The number of hydrogen-bond acceptors (Lipinski definition) is 8. The van der Waals surface area contributed by atoms with Crippen molar-refractivity contribution in [3.63, 3.8) is 0 Å². The van der Waals surface area contributed by atoms with Crippen molar-refractivity contribution < 1.29 is 29.1 Å². The molecule has 27 heavy (non-hydrogen) atoms. The largest absolute Gasteiger partial charge is 0.480 e. The first kappa shape index (κ1) is 22.3. The second-order valence-electron chi connectivity index (χ2n) is 6.49. The van der Waals surface area contributed by atoms with Gasteiger partial charge in [-0.05, 0) is 19.3 Å². The van der Waals surface area contributed by atoms with Crippen molar-refractivity contribution in [1.29, 1.82) is 0 Å². The van der Waals surface area contributed by atoms with E-state index in [1.807, 2.05) is 13.8 Å². The Hall–Kier alpha value is -2.73. The van der Waals surface area contributed by atoms with Crippen LogP contribution in [0, 0.1) is 5.92 Å². The summed E-state index contributed by atoms with van der Waals surface area (Å²) in [6.45, 7) is 5.13. The third-order valence-corrected chi connectivity index (χ3v) is 3.79. The van der Waals surface area contributed by atoms with Gasteiger partial charge in [0.15, 0.2) is 5.82 Å². The first-order chi connectivity index (χ1) is 12.5. The lowest BCUT2D eigenvalue weighted by Crippen LogP contribution is -2.48. The van der Waals surface area contributed by atoms with Gasteiger partial charge in [0.05, 0.1) is 12.1 Å². The molecule has 3 amide bonds. The molecule has 0 spiro atoms. The third-order valence-electron chi connectivity index (χ3n) is 3.79. The Morgan fingerprint density at radius 3 is 2.33 bits per heavy atom. The normalized spacial score (nSPS) is 15.6. The van der Waals surface area contributed by atoms with Crippen LogP contribution in [0.25, 0.3) is 0 Å². The van der Waals surface area contributed by atoms with Gasteiger partial charge in [0.25, 0.3) is 5.89 Å². The van der Waals surface area contributed by atoms with Gasteiger partial charge in [0.2, 0.25) is 5.91 Å². The van der Waals surface area contributed by atoms with E-state index in [0.717, 1.165) is 0 Å². The Bertz CT molecular complexity index is 661. The number of rotatable bonds is 10. The van der Waals surface area contributed by atoms with Crippen molar-refractivity contribution in [1.82, 2.24) is 20.8 Å². The smallest absolute Gasteiger partial charge is 0.326 e. The van der Waals surface area contributed by atoms with Crippen LogP contribution in [0.15, 0.2) is 4.52 Å². The third kappa shape index (κ3) is 6.83. The molecule has 0 aliphatic rings. The van der Waals surface area contributed by atoms with Gasteiger partial charge in [-0.1, -0.05) is 19.0 Å². The average Bonchev–Trinajstić information content (AvgIpc) is 3.04. The molecule has 4 atom stereocenters. The monoisotopic (exact) mass is 386 g/mol. The molecule has 2 unspecified atom stereocenters. The zero-order chi connectivity index (χ0) is 20.7. The Kier molecular flexibility index (Phi) is 8.12. The molecule has 8 N–H and O–H groups in total. The first-order valence-electron chi connectivity index (χ1n) is 8.38. The van der Waals surface area contributed by atoms with Crippen LogP contribution in [-0.2, 0) is 9.59 Å². The fourth-order valence-corrected chi connectivity index (χ4v) is 2.08. The summed E-state index contributed by atoms with van der Waals surface area (Å²) >= 11 is 0. The molecule has 1 rings (SSSR count). The molecular weight excluding hydrogens is 360 g/mol. The van der Waals surface area contributed by atoms with E-state index in [2.05, 4.69) is 20.8 Å². The summed E-state index contributed by atoms with van der Waals surface area (Å²) in [5.74, 6) is -1.83. The number of urea groups is 1. The molecule has 1 heterocycles. The number of aliphatic hydroxyl groups is 1. The van der Waals surface area contributed by atoms with Gasteiger partial charge >= 0.3 is 12.0 Å². The fourth-order valence-electron chi connectivity index (χ4n) is 2.08. The Balaban J connectivity index is 2.83. The lowest BCUT2D eigenvalue weighted by molar-refractivity contribution is -0.139. The molecular formula is C15H26N6O6. The molecule has 0 radical (unpaired) electrons. The quantitative estimate of drug-likeness (QED) is 0.296. The maximum atomic E-state index is 12.1. The highest BCUT2D eigenvalue weighted by Gasteiger charge is 2.29. The molecule has 152 valence electrons. The molecule has 0 aliphatic heterocycles. The van der Waals surface area contributed by atoms with Crippen LogP contribution in [-0.4, -0.2) is 50.4 Å². The molecule has 0 saturated heterocycles. The van der Waals surface area contributed by atoms with Gasteiger partial charge in [0, 0.05) is 6.42 Å². The topological polar surface area (TPSA) is 207 Å². The molecule has 1 aromatic heterocycles. The average molecular weight is 386 g/mol. The van der Waals surface area contributed by atoms with E-state index in [4.69, 9.17) is 21.1 Å². The second kappa shape index (κ2) is 9.83. The van der Waals surface area contributed by atoms with Gasteiger partial charge in [-0.25, -0.2) is 9.59 Å². The summed E-state index contributed by atoms with van der Waals surface area (Å²) in [4.78, 5) is 38.2. The lowest BCUT2D eigenvalue weighted by Gasteiger charge is -2.20. The van der Waals surface area contributed by atoms with Crippen LogP contribution in [0.2, 0.25) is 0 Å². The summed E-state index contributed by atoms with van der Waals surface area (Å²) < 4.78 is 5.07. The standard InChI is InChI=1S/C15H26N6O6/c1-6(2)10(17)12-20-13(27-21-12)11(7(3)22)19-15(26)18-8(14(24)25)4-5-9(16)23/h6-8,10-11,22H,4-5,17H2,1-3H3,(H2,16,23)(H,24,25)(H2,18,19,26)/t7-,8-,10?,11?/m0/s1. The minimum atomic E-state index is -1.33. The van der Waals surface area contributed by atoms with E-state index >= 15 is 0 Å². The zero-order valence-electron chi connectivity index (χ0n) is 15.4. The van der Waals surface area contributed by atoms with E-state index in [-0.39, 0.29) is 30.5 Å². The number of aliphatic carboxylic acids is 1. The number of aliphatic hydroxyl groups excluding tert-OH is 1. The highest BCUT2D eigenvalue weighted by Crippen LogP contribution is 2.20. The first-order valence-corrected chi connectivity index (χ1v) is 8.38. The highest BCUT2D eigenvalue weighted by molar-refractivity contribution is 5.83. The Labute approximate surface area is 155 Å². The number of amides is 3. The number of nitrogens with one attached hydrogen (secondary N) is 2. The molecule has 0 aromatic carbocycles. The molecule has 1 aromatic rings. The number of carbonyl (C=O) groups is 3. The molecule has 0 saturated carbocycles. The number of primary amides is 1. The predicted molar refractivity (Wildman–Crippen MR) is 92.0 cm³/mol. The van der Waals surface area contributed by atoms with E-state index in [1.165, 1.54) is 6.92 Å². The molecule has 12 heteroatoms. The van der Waals surface area contributed by atoms with Crippen molar-refractivity contribution in [2.24, 2.45) is 17.4 Å². The highest BCUT2D eigenvalue weighted by atomic mass is 16.5. The summed E-state index contributed by atoms with van der Waals surface area (Å²) in [5, 5.41) is 27.3. The number of carboxylic acid groups (broad SMARTS) is 1. The Morgan fingerprint density at radius 1 is 1.22 bits per heavy atom. The van der Waals surface area contributed by atoms with Crippen LogP contribution in [0.3, 0.4) is 0 Å². The van der Waals surface area contributed by atoms with Gasteiger partial charge in [-0.2, -0.15) is 4.98 Å². The number of hydrogen-bond donors (Lipinski definition) is 6. The van der Waals surface area contributed by atoms with Crippen LogP contribution < -0.4 is 22.1 Å². The SMILES string of the molecule is CC(C)C(N)c1noc(C(NC(=O)N[C@@H](CCC(N)=O)C(=O)O)[C@H](C)O)n1. The molecule has 12 nitrogen and oxygen atoms in total. The summed E-state index contributed by atoms with van der Waals surface area (Å²) in [7, 11) is 0. The number of aromatic nitrogens is 2. The maximum absolute atomic E-state index is 12.1. The summed E-state index contributed by atoms with van der Waals surface area (Å²) in [6.07, 6.45) is -1.50. The maximum Gasteiger partial charge on any atom is 0.326 e. The zero-order valence-corrected chi connectivity index (χ0v) is 15.4. The summed E-state index contributed by atoms with van der Waals surface area (Å²) in [6, 6.07) is -3.81. The number of nitrogens with zero attached hydrogens (tertiary/aromatic N) is 2. The van der Waals surface area contributed by atoms with Crippen molar-refractivity contribution in [3.8, 4) is 0 Å². The summed E-state index contributed by atoms with van der Waals surface area (Å²) in [5.41, 5.74) is 10.9. The van der Waals surface area contributed by atoms with Gasteiger partial charge in [-0.3, -0.25) is 4.79 Å². The molecule has 0 aliphatic carbocycles. The van der Waals surface area contributed by atoms with Crippen molar-refractivity contribution in [2.75, 3.05) is 0 Å². The van der Waals surface area contributed by atoms with E-state index < -0.39 is 42.1 Å². The number of nitrogens with two attached hydrogens (primary N) is 2. The van der Waals surface area contributed by atoms with Crippen LogP contribution >= 0.6 is 0 Å². The fraction of sp³-hybridized carbons (Fsp3) is 0.667. The van der Waals surface area contributed by atoms with Crippen LogP contribution in [0.5, 0.6) is 0 Å². The minimum Gasteiger partial charge on any atom is -0.480 e.